The van der Waals surface area contributed by atoms with E-state index in [-0.39, 0.29) is 12.5 Å². The Balaban J connectivity index is 1.48. The van der Waals surface area contributed by atoms with Gasteiger partial charge in [0.25, 0.3) is 0 Å². The molecule has 1 aromatic heterocycles. The highest BCUT2D eigenvalue weighted by Crippen LogP contribution is 2.17. The molecule has 1 fully saturated rings. The van der Waals surface area contributed by atoms with E-state index >= 15 is 0 Å². The van der Waals surface area contributed by atoms with E-state index in [0.29, 0.717) is 43.4 Å². The Hall–Kier alpha value is -2.16. The molecule has 0 aliphatic carbocycles. The molecule has 0 radical (unpaired) electrons. The molecule has 0 unspecified atom stereocenters. The Kier molecular flexibility index (Phi) is 5.52. The van der Waals surface area contributed by atoms with Gasteiger partial charge < -0.3 is 9.73 Å². The fourth-order valence-corrected chi connectivity index (χ4v) is 4.17. The van der Waals surface area contributed by atoms with Crippen molar-refractivity contribution in [3.63, 3.8) is 0 Å². The van der Waals surface area contributed by atoms with Crippen LogP contribution in [0.15, 0.2) is 58.0 Å². The van der Waals surface area contributed by atoms with E-state index in [1.165, 1.54) is 4.31 Å². The fraction of sp³-hybridized carbons (Fsp3) is 0.353. The highest BCUT2D eigenvalue weighted by Gasteiger charge is 2.28. The van der Waals surface area contributed by atoms with Crippen LogP contribution in [0.3, 0.4) is 0 Å². The second-order valence-corrected chi connectivity index (χ2v) is 7.79. The zero-order chi connectivity index (χ0) is 17.7. The number of nitrogens with zero attached hydrogens (tertiary/aromatic N) is 2. The first-order valence-corrected chi connectivity index (χ1v) is 9.56. The molecule has 0 saturated carbocycles. The molecule has 1 N–H and O–H groups in total. The first-order valence-electron chi connectivity index (χ1n) is 8.12. The summed E-state index contributed by atoms with van der Waals surface area (Å²) in [7, 11) is -3.46. The second kappa shape index (κ2) is 7.81. The van der Waals surface area contributed by atoms with Crippen molar-refractivity contribution in [2.45, 2.75) is 11.4 Å². The van der Waals surface area contributed by atoms with Crippen molar-refractivity contribution in [3.8, 4) is 0 Å². The minimum atomic E-state index is -3.46. The van der Waals surface area contributed by atoms with E-state index in [0.717, 1.165) is 0 Å². The number of benzene rings is 1. The lowest BCUT2D eigenvalue weighted by Crippen LogP contribution is -2.50. The first kappa shape index (κ1) is 17.7. The van der Waals surface area contributed by atoms with Crippen molar-refractivity contribution in [2.24, 2.45) is 0 Å². The maximum absolute atomic E-state index is 12.6. The summed E-state index contributed by atoms with van der Waals surface area (Å²) in [5.41, 5.74) is 0. The standard InChI is InChI=1S/C17H21N3O4S/c21-17(18-13-15-5-4-12-24-15)14-19-8-10-20(11-9-19)25(22,23)16-6-2-1-3-7-16/h1-7,12H,8-11,13-14H2,(H,18,21). The smallest absolute Gasteiger partial charge is 0.243 e. The van der Waals surface area contributed by atoms with Crippen LogP contribution in [0.2, 0.25) is 0 Å². The van der Waals surface area contributed by atoms with E-state index in [1.54, 1.807) is 48.7 Å². The van der Waals surface area contributed by atoms with Crippen LogP contribution in [0.25, 0.3) is 0 Å². The van der Waals surface area contributed by atoms with Gasteiger partial charge >= 0.3 is 0 Å². The lowest BCUT2D eigenvalue weighted by Gasteiger charge is -2.33. The quantitative estimate of drug-likeness (QED) is 0.825. The van der Waals surface area contributed by atoms with Crippen LogP contribution < -0.4 is 5.32 Å². The summed E-state index contributed by atoms with van der Waals surface area (Å²) in [4.78, 5) is 14.2. The Morgan fingerprint density at radius 2 is 1.76 bits per heavy atom. The van der Waals surface area contributed by atoms with Crippen LogP contribution in [0, 0.1) is 0 Å². The molecule has 0 atom stereocenters. The van der Waals surface area contributed by atoms with Crippen molar-refractivity contribution in [1.82, 2.24) is 14.5 Å². The number of sulfonamides is 1. The third kappa shape index (κ3) is 4.47. The number of nitrogens with one attached hydrogen (secondary N) is 1. The molecule has 1 aromatic carbocycles. The Morgan fingerprint density at radius 1 is 1.04 bits per heavy atom. The van der Waals surface area contributed by atoms with Crippen LogP contribution in [-0.2, 0) is 21.4 Å². The van der Waals surface area contributed by atoms with Gasteiger partial charge in [0.2, 0.25) is 15.9 Å². The van der Waals surface area contributed by atoms with Crippen molar-refractivity contribution in [1.29, 1.82) is 0 Å². The zero-order valence-electron chi connectivity index (χ0n) is 13.8. The summed E-state index contributed by atoms with van der Waals surface area (Å²) >= 11 is 0. The molecule has 2 aromatic rings. The molecule has 1 saturated heterocycles. The second-order valence-electron chi connectivity index (χ2n) is 5.85. The highest BCUT2D eigenvalue weighted by molar-refractivity contribution is 7.89. The van der Waals surface area contributed by atoms with Gasteiger partial charge in [0.1, 0.15) is 5.76 Å². The van der Waals surface area contributed by atoms with Gasteiger partial charge in [0, 0.05) is 26.2 Å². The maximum atomic E-state index is 12.6. The van der Waals surface area contributed by atoms with E-state index in [4.69, 9.17) is 4.42 Å². The van der Waals surface area contributed by atoms with Crippen molar-refractivity contribution < 1.29 is 17.6 Å². The van der Waals surface area contributed by atoms with Gasteiger partial charge in [-0.2, -0.15) is 4.31 Å². The highest BCUT2D eigenvalue weighted by atomic mass is 32.2. The number of rotatable bonds is 6. The number of carbonyl (C=O) groups is 1. The van der Waals surface area contributed by atoms with E-state index in [9.17, 15) is 13.2 Å². The number of hydrogen-bond acceptors (Lipinski definition) is 5. The molecule has 1 aliphatic heterocycles. The third-order valence-corrected chi connectivity index (χ3v) is 6.03. The van der Waals surface area contributed by atoms with Gasteiger partial charge in [0.05, 0.1) is 24.2 Å². The molecule has 8 heteroatoms. The molecule has 3 rings (SSSR count). The number of furan rings is 1. The summed E-state index contributed by atoms with van der Waals surface area (Å²) in [5.74, 6) is 0.600. The Labute approximate surface area is 147 Å². The van der Waals surface area contributed by atoms with Crippen LogP contribution in [0.4, 0.5) is 0 Å². The van der Waals surface area contributed by atoms with Gasteiger partial charge in [-0.1, -0.05) is 18.2 Å². The van der Waals surface area contributed by atoms with Crippen LogP contribution in [0.5, 0.6) is 0 Å². The van der Waals surface area contributed by atoms with Gasteiger partial charge in [-0.05, 0) is 24.3 Å². The van der Waals surface area contributed by atoms with Gasteiger partial charge in [-0.25, -0.2) is 8.42 Å². The molecule has 2 heterocycles. The topological polar surface area (TPSA) is 82.9 Å². The summed E-state index contributed by atoms with van der Waals surface area (Å²) in [6.07, 6.45) is 1.56. The summed E-state index contributed by atoms with van der Waals surface area (Å²) in [6.45, 7) is 2.42. The fourth-order valence-electron chi connectivity index (χ4n) is 2.73. The lowest BCUT2D eigenvalue weighted by atomic mass is 10.3. The molecule has 0 bridgehead atoms. The third-order valence-electron chi connectivity index (χ3n) is 4.12. The predicted molar refractivity (Wildman–Crippen MR) is 92.2 cm³/mol. The summed E-state index contributed by atoms with van der Waals surface area (Å²) in [6, 6.07) is 12.0. The molecule has 25 heavy (non-hydrogen) atoms. The van der Waals surface area contributed by atoms with Crippen LogP contribution in [0.1, 0.15) is 5.76 Å². The molecule has 1 aliphatic rings. The van der Waals surface area contributed by atoms with E-state index < -0.39 is 10.0 Å². The minimum absolute atomic E-state index is 0.101. The minimum Gasteiger partial charge on any atom is -0.467 e. The molecule has 134 valence electrons. The van der Waals surface area contributed by atoms with Crippen LogP contribution in [-0.4, -0.2) is 56.3 Å². The number of piperazine rings is 1. The van der Waals surface area contributed by atoms with Crippen LogP contribution >= 0.6 is 0 Å². The number of hydrogen-bond donors (Lipinski definition) is 1. The number of amides is 1. The number of carbonyl (C=O) groups excluding carboxylic acids is 1. The first-order chi connectivity index (χ1) is 12.1. The zero-order valence-corrected chi connectivity index (χ0v) is 14.6. The van der Waals surface area contributed by atoms with Gasteiger partial charge in [-0.15, -0.1) is 0 Å². The molecular formula is C17H21N3O4S. The Bertz CT molecular complexity index is 783. The molecule has 7 nitrogen and oxygen atoms in total. The maximum Gasteiger partial charge on any atom is 0.243 e. The van der Waals surface area contributed by atoms with E-state index in [1.807, 2.05) is 4.90 Å². The van der Waals surface area contributed by atoms with E-state index in [2.05, 4.69) is 5.32 Å². The average Bonchev–Trinajstić information content (AvgIpc) is 3.15. The summed E-state index contributed by atoms with van der Waals surface area (Å²) < 4.78 is 31.8. The van der Waals surface area contributed by atoms with Crippen molar-refractivity contribution in [3.05, 3.63) is 54.5 Å². The van der Waals surface area contributed by atoms with Crippen molar-refractivity contribution >= 4 is 15.9 Å². The lowest BCUT2D eigenvalue weighted by molar-refractivity contribution is -0.122. The SMILES string of the molecule is O=C(CN1CCN(S(=O)(=O)c2ccccc2)CC1)NCc1ccco1. The normalized spacial score (nSPS) is 16.6. The largest absolute Gasteiger partial charge is 0.467 e. The molecule has 0 spiro atoms. The Morgan fingerprint density at radius 3 is 2.40 bits per heavy atom. The monoisotopic (exact) mass is 363 g/mol. The molecule has 1 amide bonds. The van der Waals surface area contributed by atoms with Gasteiger partial charge in [-0.3, -0.25) is 9.69 Å². The molecular weight excluding hydrogens is 342 g/mol. The average molecular weight is 363 g/mol. The summed E-state index contributed by atoms with van der Waals surface area (Å²) in [5, 5.41) is 2.79. The van der Waals surface area contributed by atoms with Crippen molar-refractivity contribution in [2.75, 3.05) is 32.7 Å². The predicted octanol–water partition coefficient (Wildman–Crippen LogP) is 0.902. The van der Waals surface area contributed by atoms with Gasteiger partial charge in [0.15, 0.2) is 0 Å².